The van der Waals surface area contributed by atoms with Crippen molar-refractivity contribution in [2.45, 2.75) is 39.3 Å². The van der Waals surface area contributed by atoms with Gasteiger partial charge in [-0.25, -0.2) is 0 Å². The molecule has 0 spiro atoms. The summed E-state index contributed by atoms with van der Waals surface area (Å²) in [6.07, 6.45) is 1.20. The predicted molar refractivity (Wildman–Crippen MR) is 93.8 cm³/mol. The molecule has 0 aromatic heterocycles. The number of nitrogens with one attached hydrogen (secondary N) is 1. The van der Waals surface area contributed by atoms with E-state index in [1.807, 2.05) is 62.4 Å². The highest BCUT2D eigenvalue weighted by molar-refractivity contribution is 6.31. The van der Waals surface area contributed by atoms with Crippen LogP contribution in [-0.4, -0.2) is 12.0 Å². The molecule has 4 heteroatoms. The first kappa shape index (κ1) is 17.4. The zero-order valence-corrected chi connectivity index (χ0v) is 14.3. The van der Waals surface area contributed by atoms with Crippen molar-refractivity contribution in [3.8, 4) is 5.75 Å². The van der Waals surface area contributed by atoms with Gasteiger partial charge in [0.2, 0.25) is 5.91 Å². The Balaban J connectivity index is 1.81. The van der Waals surface area contributed by atoms with Crippen LogP contribution in [0.1, 0.15) is 31.4 Å². The quantitative estimate of drug-likeness (QED) is 0.817. The minimum atomic E-state index is 0.0140. The second-order valence-electron chi connectivity index (χ2n) is 5.68. The van der Waals surface area contributed by atoms with Crippen molar-refractivity contribution in [1.29, 1.82) is 0 Å². The van der Waals surface area contributed by atoms with Crippen molar-refractivity contribution in [2.24, 2.45) is 0 Å². The first-order valence-corrected chi connectivity index (χ1v) is 8.18. The van der Waals surface area contributed by atoms with Crippen LogP contribution in [0.2, 0.25) is 5.02 Å². The van der Waals surface area contributed by atoms with Gasteiger partial charge < -0.3 is 10.1 Å². The number of amides is 1. The molecule has 1 amide bonds. The molecule has 0 unspecified atom stereocenters. The number of hydrogen-bond acceptors (Lipinski definition) is 2. The van der Waals surface area contributed by atoms with Gasteiger partial charge in [-0.3, -0.25) is 4.79 Å². The molecule has 3 nitrogen and oxygen atoms in total. The third-order valence-electron chi connectivity index (χ3n) is 3.34. The molecule has 0 aliphatic heterocycles. The number of rotatable bonds is 7. The van der Waals surface area contributed by atoms with Crippen LogP contribution in [0.4, 0.5) is 0 Å². The predicted octanol–water partition coefficient (Wildman–Crippen LogP) is 4.38. The third-order valence-corrected chi connectivity index (χ3v) is 3.71. The van der Waals surface area contributed by atoms with E-state index in [2.05, 4.69) is 5.32 Å². The molecule has 23 heavy (non-hydrogen) atoms. The number of hydrogen-bond donors (Lipinski definition) is 1. The van der Waals surface area contributed by atoms with Crippen molar-refractivity contribution in [3.63, 3.8) is 0 Å². The smallest absolute Gasteiger partial charge is 0.220 e. The van der Waals surface area contributed by atoms with E-state index in [1.165, 1.54) is 0 Å². The molecule has 0 fully saturated rings. The van der Waals surface area contributed by atoms with E-state index in [1.54, 1.807) is 0 Å². The molecular weight excluding hydrogens is 310 g/mol. The van der Waals surface area contributed by atoms with E-state index in [0.717, 1.165) is 16.9 Å². The van der Waals surface area contributed by atoms with Crippen LogP contribution in [0.15, 0.2) is 48.5 Å². The second-order valence-corrected chi connectivity index (χ2v) is 6.09. The van der Waals surface area contributed by atoms with Crippen LogP contribution in [0, 0.1) is 0 Å². The highest BCUT2D eigenvalue weighted by Crippen LogP contribution is 2.17. The lowest BCUT2D eigenvalue weighted by Crippen LogP contribution is -2.23. The van der Waals surface area contributed by atoms with Crippen molar-refractivity contribution in [1.82, 2.24) is 5.32 Å². The van der Waals surface area contributed by atoms with Crippen LogP contribution in [0.3, 0.4) is 0 Å². The minimum absolute atomic E-state index is 0.0140. The number of halogens is 1. The van der Waals surface area contributed by atoms with Crippen molar-refractivity contribution in [2.75, 3.05) is 0 Å². The number of aryl methyl sites for hydroxylation is 1. The first-order chi connectivity index (χ1) is 11.0. The minimum Gasteiger partial charge on any atom is -0.491 e. The Kier molecular flexibility index (Phi) is 6.48. The van der Waals surface area contributed by atoms with Gasteiger partial charge in [0.25, 0.3) is 0 Å². The van der Waals surface area contributed by atoms with Crippen molar-refractivity contribution in [3.05, 3.63) is 64.7 Å². The summed E-state index contributed by atoms with van der Waals surface area (Å²) in [5.74, 6) is 0.836. The van der Waals surface area contributed by atoms with Gasteiger partial charge in [-0.2, -0.15) is 0 Å². The van der Waals surface area contributed by atoms with Gasteiger partial charge in [0.05, 0.1) is 6.10 Å². The Morgan fingerprint density at radius 3 is 2.70 bits per heavy atom. The zero-order chi connectivity index (χ0) is 16.7. The van der Waals surface area contributed by atoms with E-state index in [4.69, 9.17) is 16.3 Å². The fraction of sp³-hybridized carbons (Fsp3) is 0.316. The van der Waals surface area contributed by atoms with E-state index < -0.39 is 0 Å². The molecule has 0 aliphatic carbocycles. The topological polar surface area (TPSA) is 38.3 Å². The molecule has 122 valence electrons. The average Bonchev–Trinajstić information content (AvgIpc) is 2.52. The van der Waals surface area contributed by atoms with Crippen LogP contribution in [-0.2, 0) is 17.8 Å². The second kappa shape index (κ2) is 8.59. The van der Waals surface area contributed by atoms with Crippen molar-refractivity contribution < 1.29 is 9.53 Å². The summed E-state index contributed by atoms with van der Waals surface area (Å²) < 4.78 is 5.65. The summed E-state index contributed by atoms with van der Waals surface area (Å²) in [5, 5.41) is 3.64. The number of ether oxygens (including phenoxy) is 1. The van der Waals surface area contributed by atoms with Gasteiger partial charge in [0, 0.05) is 18.0 Å². The van der Waals surface area contributed by atoms with E-state index in [0.29, 0.717) is 24.4 Å². The van der Waals surface area contributed by atoms with Gasteiger partial charge in [-0.1, -0.05) is 41.9 Å². The molecule has 1 N–H and O–H groups in total. The lowest BCUT2D eigenvalue weighted by molar-refractivity contribution is -0.121. The molecule has 0 radical (unpaired) electrons. The summed E-state index contributed by atoms with van der Waals surface area (Å²) in [6.45, 7) is 4.48. The Morgan fingerprint density at radius 2 is 1.96 bits per heavy atom. The summed E-state index contributed by atoms with van der Waals surface area (Å²) >= 11 is 6.09. The van der Waals surface area contributed by atoms with E-state index in [-0.39, 0.29) is 12.0 Å². The van der Waals surface area contributed by atoms with Crippen LogP contribution < -0.4 is 10.1 Å². The molecular formula is C19H22ClNO2. The summed E-state index contributed by atoms with van der Waals surface area (Å²) in [6, 6.07) is 15.4. The molecule has 0 saturated heterocycles. The standard InChI is InChI=1S/C19H22ClNO2/c1-14(2)23-17-8-5-6-15(12-17)13-21-19(22)11-10-16-7-3-4-9-18(16)20/h3-9,12,14H,10-11,13H2,1-2H3,(H,21,22). The third kappa shape index (κ3) is 5.95. The normalized spacial score (nSPS) is 10.6. The fourth-order valence-corrected chi connectivity index (χ4v) is 2.47. The fourth-order valence-electron chi connectivity index (χ4n) is 2.24. The maximum absolute atomic E-state index is 12.0. The zero-order valence-electron chi connectivity index (χ0n) is 13.5. The van der Waals surface area contributed by atoms with Gasteiger partial charge in [-0.15, -0.1) is 0 Å². The van der Waals surface area contributed by atoms with Crippen LogP contribution >= 0.6 is 11.6 Å². The van der Waals surface area contributed by atoms with Crippen LogP contribution in [0.5, 0.6) is 5.75 Å². The molecule has 0 saturated carbocycles. The summed E-state index contributed by atoms with van der Waals surface area (Å²) in [7, 11) is 0. The lowest BCUT2D eigenvalue weighted by Gasteiger charge is -2.11. The molecule has 0 atom stereocenters. The maximum Gasteiger partial charge on any atom is 0.220 e. The highest BCUT2D eigenvalue weighted by Gasteiger charge is 2.05. The molecule has 2 rings (SSSR count). The Bertz CT molecular complexity index is 655. The highest BCUT2D eigenvalue weighted by atomic mass is 35.5. The molecule has 2 aromatic carbocycles. The van der Waals surface area contributed by atoms with Gasteiger partial charge in [-0.05, 0) is 49.6 Å². The molecule has 0 heterocycles. The molecule has 0 aliphatic rings. The van der Waals surface area contributed by atoms with Crippen molar-refractivity contribution >= 4 is 17.5 Å². The summed E-state index contributed by atoms with van der Waals surface area (Å²) in [5.41, 5.74) is 2.02. The molecule has 0 bridgehead atoms. The number of carbonyl (C=O) groups excluding carboxylic acids is 1. The van der Waals surface area contributed by atoms with E-state index in [9.17, 15) is 4.79 Å². The van der Waals surface area contributed by atoms with E-state index >= 15 is 0 Å². The Hall–Kier alpha value is -2.00. The summed E-state index contributed by atoms with van der Waals surface area (Å²) in [4.78, 5) is 12.0. The lowest BCUT2D eigenvalue weighted by atomic mass is 10.1. The Morgan fingerprint density at radius 1 is 1.17 bits per heavy atom. The first-order valence-electron chi connectivity index (χ1n) is 7.80. The monoisotopic (exact) mass is 331 g/mol. The maximum atomic E-state index is 12.0. The SMILES string of the molecule is CC(C)Oc1cccc(CNC(=O)CCc2ccccc2Cl)c1. The average molecular weight is 332 g/mol. The molecule has 2 aromatic rings. The largest absolute Gasteiger partial charge is 0.491 e. The number of carbonyl (C=O) groups is 1. The Labute approximate surface area is 142 Å². The van der Waals surface area contributed by atoms with Gasteiger partial charge in [0.15, 0.2) is 0 Å². The van der Waals surface area contributed by atoms with Gasteiger partial charge in [0.1, 0.15) is 5.75 Å². The van der Waals surface area contributed by atoms with Crippen LogP contribution in [0.25, 0.3) is 0 Å². The van der Waals surface area contributed by atoms with Gasteiger partial charge >= 0.3 is 0 Å². The number of benzene rings is 2.